The lowest BCUT2D eigenvalue weighted by Crippen LogP contribution is -1.84. The Bertz CT molecular complexity index is 516. The number of phenols is 1. The van der Waals surface area contributed by atoms with Crippen molar-refractivity contribution in [2.45, 2.75) is 0 Å². The molecule has 0 fully saturated rings. The summed E-state index contributed by atoms with van der Waals surface area (Å²) in [6.07, 6.45) is 4.00. The number of rotatable bonds is 3. The van der Waals surface area contributed by atoms with E-state index in [0.717, 1.165) is 11.1 Å². The van der Waals surface area contributed by atoms with Gasteiger partial charge in [0.05, 0.1) is 7.11 Å². The summed E-state index contributed by atoms with van der Waals surface area (Å²) in [5.74, 6) is 0.643. The molecule has 0 radical (unpaired) electrons. The molecule has 0 unspecified atom stereocenters. The van der Waals surface area contributed by atoms with Gasteiger partial charge < -0.3 is 9.84 Å². The molecule has 0 amide bonds. The number of phenolic OH excluding ortho intramolecular Hbond substituents is 1. The van der Waals surface area contributed by atoms with E-state index in [0.29, 0.717) is 5.75 Å². The molecule has 2 heteroatoms. The molecule has 0 atom stereocenters. The Labute approximate surface area is 101 Å². The van der Waals surface area contributed by atoms with Crippen molar-refractivity contribution in [1.82, 2.24) is 0 Å². The molecule has 2 nitrogen and oxygen atoms in total. The average molecular weight is 226 g/mol. The fourth-order valence-corrected chi connectivity index (χ4v) is 1.55. The van der Waals surface area contributed by atoms with Gasteiger partial charge in [0, 0.05) is 0 Å². The van der Waals surface area contributed by atoms with Crippen LogP contribution in [-0.4, -0.2) is 12.2 Å². The molecular formula is C15H14O2. The monoisotopic (exact) mass is 226 g/mol. The maximum Gasteiger partial charge on any atom is 0.161 e. The van der Waals surface area contributed by atoms with Gasteiger partial charge in [-0.2, -0.15) is 0 Å². The minimum atomic E-state index is 0.157. The summed E-state index contributed by atoms with van der Waals surface area (Å²) in [5, 5.41) is 9.47. The molecule has 0 aliphatic carbocycles. The van der Waals surface area contributed by atoms with Crippen molar-refractivity contribution in [1.29, 1.82) is 0 Å². The third-order valence-electron chi connectivity index (χ3n) is 2.47. The Morgan fingerprint density at radius 3 is 2.35 bits per heavy atom. The highest BCUT2D eigenvalue weighted by atomic mass is 16.5. The van der Waals surface area contributed by atoms with E-state index in [1.807, 2.05) is 48.6 Å². The van der Waals surface area contributed by atoms with E-state index >= 15 is 0 Å². The zero-order chi connectivity index (χ0) is 12.1. The van der Waals surface area contributed by atoms with Gasteiger partial charge in [0.25, 0.3) is 0 Å². The van der Waals surface area contributed by atoms with Crippen LogP contribution in [0.5, 0.6) is 11.5 Å². The SMILES string of the molecule is COc1cc(C=Cc2ccccc2)ccc1O. The van der Waals surface area contributed by atoms with Crippen LogP contribution in [-0.2, 0) is 0 Å². The molecular weight excluding hydrogens is 212 g/mol. The van der Waals surface area contributed by atoms with E-state index in [2.05, 4.69) is 0 Å². The first kappa shape index (κ1) is 11.3. The van der Waals surface area contributed by atoms with Gasteiger partial charge in [-0.1, -0.05) is 48.6 Å². The van der Waals surface area contributed by atoms with Gasteiger partial charge in [0.1, 0.15) is 0 Å². The molecule has 2 rings (SSSR count). The second-order valence-electron chi connectivity index (χ2n) is 3.68. The van der Waals surface area contributed by atoms with Gasteiger partial charge in [-0.15, -0.1) is 0 Å². The summed E-state index contributed by atoms with van der Waals surface area (Å²) in [6.45, 7) is 0. The highest BCUT2D eigenvalue weighted by molar-refractivity contribution is 5.70. The summed E-state index contributed by atoms with van der Waals surface area (Å²) in [4.78, 5) is 0. The maximum absolute atomic E-state index is 9.47. The van der Waals surface area contributed by atoms with E-state index in [4.69, 9.17) is 4.74 Å². The Kier molecular flexibility index (Phi) is 3.46. The maximum atomic E-state index is 9.47. The molecule has 1 N–H and O–H groups in total. The van der Waals surface area contributed by atoms with E-state index in [9.17, 15) is 5.11 Å². The minimum Gasteiger partial charge on any atom is -0.504 e. The number of hydrogen-bond donors (Lipinski definition) is 1. The molecule has 2 aromatic rings. The summed E-state index contributed by atoms with van der Waals surface area (Å²) < 4.78 is 5.05. The fourth-order valence-electron chi connectivity index (χ4n) is 1.55. The Morgan fingerprint density at radius 2 is 1.65 bits per heavy atom. The van der Waals surface area contributed by atoms with Crippen LogP contribution in [0.25, 0.3) is 12.2 Å². The molecule has 0 aromatic heterocycles. The van der Waals surface area contributed by atoms with Gasteiger partial charge in [0.2, 0.25) is 0 Å². The largest absolute Gasteiger partial charge is 0.504 e. The first-order valence-electron chi connectivity index (χ1n) is 5.40. The van der Waals surface area contributed by atoms with E-state index < -0.39 is 0 Å². The van der Waals surface area contributed by atoms with Crippen LogP contribution in [0.3, 0.4) is 0 Å². The van der Waals surface area contributed by atoms with Crippen LogP contribution in [0, 0.1) is 0 Å². The normalized spacial score (nSPS) is 10.6. The molecule has 2 aromatic carbocycles. The Hall–Kier alpha value is -2.22. The molecule has 17 heavy (non-hydrogen) atoms. The minimum absolute atomic E-state index is 0.157. The lowest BCUT2D eigenvalue weighted by atomic mass is 10.1. The summed E-state index contributed by atoms with van der Waals surface area (Å²) in [7, 11) is 1.54. The van der Waals surface area contributed by atoms with Crippen LogP contribution in [0.2, 0.25) is 0 Å². The molecule has 0 aliphatic rings. The predicted octanol–water partition coefficient (Wildman–Crippen LogP) is 3.57. The van der Waals surface area contributed by atoms with Gasteiger partial charge >= 0.3 is 0 Å². The Balaban J connectivity index is 2.22. The second-order valence-corrected chi connectivity index (χ2v) is 3.68. The number of ether oxygens (including phenoxy) is 1. The molecule has 0 saturated heterocycles. The van der Waals surface area contributed by atoms with Crippen molar-refractivity contribution >= 4 is 12.2 Å². The zero-order valence-electron chi connectivity index (χ0n) is 9.63. The standard InChI is InChI=1S/C15H14O2/c1-17-15-11-13(9-10-14(15)16)8-7-12-5-3-2-4-6-12/h2-11,16H,1H3. The predicted molar refractivity (Wildman–Crippen MR) is 70.0 cm³/mol. The average Bonchev–Trinajstić information content (AvgIpc) is 2.39. The van der Waals surface area contributed by atoms with Gasteiger partial charge in [-0.25, -0.2) is 0 Å². The van der Waals surface area contributed by atoms with Gasteiger partial charge in [-0.3, -0.25) is 0 Å². The lowest BCUT2D eigenvalue weighted by Gasteiger charge is -2.03. The number of hydrogen-bond acceptors (Lipinski definition) is 2. The summed E-state index contributed by atoms with van der Waals surface area (Å²) in [5.41, 5.74) is 2.13. The summed E-state index contributed by atoms with van der Waals surface area (Å²) >= 11 is 0. The van der Waals surface area contributed by atoms with Crippen LogP contribution < -0.4 is 4.74 Å². The summed E-state index contributed by atoms with van der Waals surface area (Å²) in [6, 6.07) is 15.3. The highest BCUT2D eigenvalue weighted by Gasteiger charge is 1.99. The molecule has 0 bridgehead atoms. The van der Waals surface area contributed by atoms with E-state index in [-0.39, 0.29) is 5.75 Å². The van der Waals surface area contributed by atoms with Crippen LogP contribution in [0.1, 0.15) is 11.1 Å². The van der Waals surface area contributed by atoms with Crippen molar-refractivity contribution in [3.8, 4) is 11.5 Å². The quantitative estimate of drug-likeness (QED) is 0.811. The van der Waals surface area contributed by atoms with Crippen molar-refractivity contribution in [3.63, 3.8) is 0 Å². The number of methoxy groups -OCH3 is 1. The zero-order valence-corrected chi connectivity index (χ0v) is 9.63. The molecule has 0 heterocycles. The molecule has 0 spiro atoms. The topological polar surface area (TPSA) is 29.5 Å². The third-order valence-corrected chi connectivity index (χ3v) is 2.47. The third kappa shape index (κ3) is 2.88. The van der Waals surface area contributed by atoms with Crippen LogP contribution in [0.15, 0.2) is 48.5 Å². The molecule has 0 aliphatic heterocycles. The first-order chi connectivity index (χ1) is 8.29. The van der Waals surface area contributed by atoms with Crippen molar-refractivity contribution in [2.24, 2.45) is 0 Å². The Morgan fingerprint density at radius 1 is 0.941 bits per heavy atom. The van der Waals surface area contributed by atoms with Gasteiger partial charge in [-0.05, 0) is 23.3 Å². The fraction of sp³-hybridized carbons (Fsp3) is 0.0667. The number of aromatic hydroxyl groups is 1. The van der Waals surface area contributed by atoms with Gasteiger partial charge in [0.15, 0.2) is 11.5 Å². The van der Waals surface area contributed by atoms with Crippen LogP contribution in [0.4, 0.5) is 0 Å². The molecule has 86 valence electrons. The highest BCUT2D eigenvalue weighted by Crippen LogP contribution is 2.26. The molecule has 0 saturated carbocycles. The number of benzene rings is 2. The van der Waals surface area contributed by atoms with E-state index in [1.54, 1.807) is 19.2 Å². The smallest absolute Gasteiger partial charge is 0.161 e. The first-order valence-corrected chi connectivity index (χ1v) is 5.40. The van der Waals surface area contributed by atoms with Crippen molar-refractivity contribution < 1.29 is 9.84 Å². The van der Waals surface area contributed by atoms with E-state index in [1.165, 1.54) is 0 Å². The second kappa shape index (κ2) is 5.21. The van der Waals surface area contributed by atoms with Crippen LogP contribution >= 0.6 is 0 Å². The lowest BCUT2D eigenvalue weighted by molar-refractivity contribution is 0.373. The van der Waals surface area contributed by atoms with Crippen molar-refractivity contribution in [2.75, 3.05) is 7.11 Å². The van der Waals surface area contributed by atoms with Crippen molar-refractivity contribution in [3.05, 3.63) is 59.7 Å².